The van der Waals surface area contributed by atoms with E-state index in [4.69, 9.17) is 19.7 Å². The predicted molar refractivity (Wildman–Crippen MR) is 187 cm³/mol. The lowest BCUT2D eigenvalue weighted by molar-refractivity contribution is -0.0363. The van der Waals surface area contributed by atoms with Crippen LogP contribution in [-0.4, -0.2) is 75.5 Å². The molecule has 0 radical (unpaired) electrons. The SMILES string of the molecule is CCn1cc(C(=O)OC[C@H]2O[C@@H](n3cc(C)c(=O)[nH]c3=O)C[C@@H]2N=[N+]=[N-])c(=O)c2cc(F)c(N3CCN(C(=O)OCc4ccccc4)C(C)C3)c(F)c21. The summed E-state index contributed by atoms with van der Waals surface area (Å²) in [6.45, 7) is 4.86. The lowest BCUT2D eigenvalue weighted by atomic mass is 10.1. The number of fused-ring (bicyclic) bond motifs is 1. The van der Waals surface area contributed by atoms with Crippen molar-refractivity contribution in [2.45, 2.75) is 64.8 Å². The van der Waals surface area contributed by atoms with Gasteiger partial charge in [-0.2, -0.15) is 0 Å². The molecule has 4 atom stereocenters. The van der Waals surface area contributed by atoms with E-state index >= 15 is 8.78 Å². The molecule has 2 saturated heterocycles. The zero-order valence-corrected chi connectivity index (χ0v) is 29.0. The van der Waals surface area contributed by atoms with Crippen molar-refractivity contribution >= 4 is 28.7 Å². The van der Waals surface area contributed by atoms with Gasteiger partial charge in [-0.15, -0.1) is 0 Å². The molecule has 0 aliphatic carbocycles. The summed E-state index contributed by atoms with van der Waals surface area (Å²) in [7, 11) is 0. The van der Waals surface area contributed by atoms with Crippen LogP contribution in [0.5, 0.6) is 0 Å². The molecule has 16 nitrogen and oxygen atoms in total. The second kappa shape index (κ2) is 15.3. The summed E-state index contributed by atoms with van der Waals surface area (Å²) in [4.78, 5) is 71.8. The Morgan fingerprint density at radius 1 is 1.11 bits per heavy atom. The van der Waals surface area contributed by atoms with Crippen molar-refractivity contribution in [1.82, 2.24) is 19.0 Å². The first-order valence-corrected chi connectivity index (χ1v) is 16.9. The van der Waals surface area contributed by atoms with Crippen molar-refractivity contribution in [3.05, 3.63) is 119 Å². The van der Waals surface area contributed by atoms with Gasteiger partial charge in [-0.1, -0.05) is 35.4 Å². The maximum atomic E-state index is 16.3. The summed E-state index contributed by atoms with van der Waals surface area (Å²) in [5.74, 6) is -3.14. The van der Waals surface area contributed by atoms with Gasteiger partial charge >= 0.3 is 17.8 Å². The van der Waals surface area contributed by atoms with Crippen molar-refractivity contribution in [2.24, 2.45) is 5.11 Å². The number of benzene rings is 2. The summed E-state index contributed by atoms with van der Waals surface area (Å²) in [6, 6.07) is 8.71. The highest BCUT2D eigenvalue weighted by Crippen LogP contribution is 2.33. The van der Waals surface area contributed by atoms with E-state index in [1.165, 1.54) is 27.5 Å². The quantitative estimate of drug-likeness (QED) is 0.114. The highest BCUT2D eigenvalue weighted by atomic mass is 19.1. The molecule has 2 aliphatic heterocycles. The van der Waals surface area contributed by atoms with Gasteiger partial charge in [-0.25, -0.2) is 23.2 Å². The maximum absolute atomic E-state index is 16.3. The predicted octanol–water partition coefficient (Wildman–Crippen LogP) is 4.13. The molecule has 278 valence electrons. The molecule has 2 aromatic carbocycles. The molecule has 6 rings (SSSR count). The fourth-order valence-electron chi connectivity index (χ4n) is 6.65. The van der Waals surface area contributed by atoms with Crippen molar-refractivity contribution < 1.29 is 32.6 Å². The Balaban J connectivity index is 1.19. The Bertz CT molecular complexity index is 2290. The Kier molecular flexibility index (Phi) is 10.6. The Morgan fingerprint density at radius 2 is 1.87 bits per heavy atom. The first-order chi connectivity index (χ1) is 25.4. The Hall–Kier alpha value is -6.00. The van der Waals surface area contributed by atoms with Gasteiger partial charge in [0.15, 0.2) is 5.82 Å². The zero-order valence-electron chi connectivity index (χ0n) is 29.0. The zero-order chi connectivity index (χ0) is 38.0. The van der Waals surface area contributed by atoms with Crippen LogP contribution in [0.4, 0.5) is 19.3 Å². The number of esters is 1. The van der Waals surface area contributed by atoms with Crippen LogP contribution in [0.25, 0.3) is 21.3 Å². The topological polar surface area (TPSA) is 194 Å². The number of nitrogens with one attached hydrogen (secondary N) is 1. The minimum absolute atomic E-state index is 0.0172. The molecule has 2 aliphatic rings. The van der Waals surface area contributed by atoms with Crippen LogP contribution < -0.4 is 21.6 Å². The minimum Gasteiger partial charge on any atom is -0.459 e. The molecule has 0 saturated carbocycles. The van der Waals surface area contributed by atoms with E-state index in [-0.39, 0.29) is 61.4 Å². The fourth-order valence-corrected chi connectivity index (χ4v) is 6.65. The van der Waals surface area contributed by atoms with Crippen LogP contribution in [-0.2, 0) is 27.4 Å². The van der Waals surface area contributed by atoms with Gasteiger partial charge in [0, 0.05) is 61.5 Å². The number of H-pyrrole nitrogens is 1. The number of carbonyl (C=O) groups is 2. The number of piperazine rings is 1. The molecule has 4 heterocycles. The highest BCUT2D eigenvalue weighted by Gasteiger charge is 2.38. The molecule has 1 amide bonds. The number of rotatable bonds is 9. The van der Waals surface area contributed by atoms with Crippen molar-refractivity contribution in [3.63, 3.8) is 0 Å². The molecule has 4 aromatic rings. The van der Waals surface area contributed by atoms with E-state index < -0.39 is 77.0 Å². The average molecular weight is 735 g/mol. The number of hydrogen-bond donors (Lipinski definition) is 1. The van der Waals surface area contributed by atoms with Gasteiger partial charge in [0.05, 0.1) is 16.9 Å². The Morgan fingerprint density at radius 3 is 2.57 bits per heavy atom. The fraction of sp³-hybridized carbons (Fsp3) is 0.400. The summed E-state index contributed by atoms with van der Waals surface area (Å²) in [6.07, 6.45) is -0.0966. The number of aromatic nitrogens is 3. The number of aromatic amines is 1. The summed E-state index contributed by atoms with van der Waals surface area (Å²) in [5.41, 5.74) is 6.77. The van der Waals surface area contributed by atoms with Crippen LogP contribution in [0, 0.1) is 18.6 Å². The maximum Gasteiger partial charge on any atom is 0.410 e. The van der Waals surface area contributed by atoms with Crippen LogP contribution in [0.15, 0.2) is 68.3 Å². The largest absolute Gasteiger partial charge is 0.459 e. The summed E-state index contributed by atoms with van der Waals surface area (Å²) < 4.78 is 51.2. The lowest BCUT2D eigenvalue weighted by Crippen LogP contribution is -2.54. The van der Waals surface area contributed by atoms with Crippen molar-refractivity contribution in [2.75, 3.05) is 31.1 Å². The summed E-state index contributed by atoms with van der Waals surface area (Å²) in [5, 5.41) is 3.31. The van der Waals surface area contributed by atoms with Gasteiger partial charge in [0.2, 0.25) is 5.43 Å². The number of carbonyl (C=O) groups excluding carboxylic acids is 2. The number of anilines is 1. The van der Waals surface area contributed by atoms with Crippen molar-refractivity contribution in [1.29, 1.82) is 0 Å². The van der Waals surface area contributed by atoms with Gasteiger partial charge in [0.1, 0.15) is 42.6 Å². The van der Waals surface area contributed by atoms with E-state index in [1.807, 2.05) is 30.3 Å². The van der Waals surface area contributed by atoms with Gasteiger partial charge < -0.3 is 28.6 Å². The average Bonchev–Trinajstić information content (AvgIpc) is 3.54. The van der Waals surface area contributed by atoms with Gasteiger partial charge in [-0.05, 0) is 37.9 Å². The van der Waals surface area contributed by atoms with Crippen LogP contribution >= 0.6 is 0 Å². The molecular formula is C35H36F2N8O8. The van der Waals surface area contributed by atoms with Crippen LogP contribution in [0.3, 0.4) is 0 Å². The number of aryl methyl sites for hydroxylation is 2. The number of amides is 1. The molecule has 0 spiro atoms. The third-order valence-electron chi connectivity index (χ3n) is 9.41. The first kappa shape index (κ1) is 36.8. The molecule has 53 heavy (non-hydrogen) atoms. The number of azide groups is 1. The number of nitrogens with zero attached hydrogens (tertiary/aromatic N) is 7. The Labute approximate surface area is 299 Å². The van der Waals surface area contributed by atoms with Crippen LogP contribution in [0.2, 0.25) is 0 Å². The standard InChI is InChI=1S/C35H36F2N8O8/c1-4-42-16-23(33(48)51-18-26-25(40-41-38)13-27(53-26)45-14-19(2)32(47)39-34(45)49)31(46)22-12-24(36)30(28(37)29(22)42)43-10-11-44(20(3)15-43)35(50)52-17-21-8-6-5-7-9-21/h5-9,12,14,16,20,25-27H,4,10-11,13,15,17-18H2,1-3H3,(H,39,47,49)/t20?,25-,26+,27+/m0/s1. The molecule has 1 N–H and O–H groups in total. The van der Waals surface area contributed by atoms with Gasteiger partial charge in [-0.3, -0.25) is 19.1 Å². The number of halogens is 2. The number of pyridine rings is 1. The number of ether oxygens (including phenoxy) is 3. The highest BCUT2D eigenvalue weighted by molar-refractivity contribution is 5.95. The monoisotopic (exact) mass is 734 g/mol. The van der Waals surface area contributed by atoms with E-state index in [1.54, 1.807) is 13.8 Å². The van der Waals surface area contributed by atoms with Crippen molar-refractivity contribution in [3.8, 4) is 0 Å². The molecule has 0 bridgehead atoms. The number of hydrogen-bond acceptors (Lipinski definition) is 10. The van der Waals surface area contributed by atoms with E-state index in [0.717, 1.165) is 22.4 Å². The third kappa shape index (κ3) is 7.36. The minimum atomic E-state index is -1.11. The van der Waals surface area contributed by atoms with E-state index in [9.17, 15) is 24.0 Å². The molecular weight excluding hydrogens is 698 g/mol. The molecule has 2 fully saturated rings. The second-order valence-corrected chi connectivity index (χ2v) is 12.8. The molecule has 1 unspecified atom stereocenters. The van der Waals surface area contributed by atoms with Crippen LogP contribution in [0.1, 0.15) is 48.0 Å². The van der Waals surface area contributed by atoms with E-state index in [0.29, 0.717) is 0 Å². The second-order valence-electron chi connectivity index (χ2n) is 12.8. The molecule has 2 aromatic heterocycles. The van der Waals surface area contributed by atoms with E-state index in [2.05, 4.69) is 15.0 Å². The lowest BCUT2D eigenvalue weighted by Gasteiger charge is -2.40. The van der Waals surface area contributed by atoms with Gasteiger partial charge in [0.25, 0.3) is 5.56 Å². The molecule has 18 heteroatoms. The normalized spacial score (nSPS) is 19.9. The third-order valence-corrected chi connectivity index (χ3v) is 9.41. The first-order valence-electron chi connectivity index (χ1n) is 16.9. The smallest absolute Gasteiger partial charge is 0.410 e. The summed E-state index contributed by atoms with van der Waals surface area (Å²) >= 11 is 0.